The number of hydrogen-bond acceptors (Lipinski definition) is 16. The van der Waals surface area contributed by atoms with Crippen molar-refractivity contribution in [2.24, 2.45) is 35.5 Å². The average Bonchev–Trinajstić information content (AvgIpc) is 1.57. The first-order valence-electron chi connectivity index (χ1n) is 40.0. The molecule has 8 amide bonds. The van der Waals surface area contributed by atoms with Crippen LogP contribution < -0.4 is 21.3 Å². The number of amides is 8. The Labute approximate surface area is 685 Å². The molecule has 8 aromatic rings. The smallest absolute Gasteiger partial charge is 0.407 e. The summed E-state index contributed by atoms with van der Waals surface area (Å²) in [7, 11) is 1.49. The molecule has 6 aliphatic rings. The number of H-pyrrole nitrogens is 4. The van der Waals surface area contributed by atoms with Crippen molar-refractivity contribution in [3.8, 4) is 67.3 Å². The van der Waals surface area contributed by atoms with E-state index in [1.807, 2.05) is 162 Å². The van der Waals surface area contributed by atoms with Crippen LogP contribution in [0.5, 0.6) is 0 Å². The molecule has 14 rings (SSSR count). The molecule has 4 aromatic heterocycles. The summed E-state index contributed by atoms with van der Waals surface area (Å²) in [5.74, 6) is 0.171. The summed E-state index contributed by atoms with van der Waals surface area (Å²) in [5.41, 5.74) is 8.40. The summed E-state index contributed by atoms with van der Waals surface area (Å²) < 4.78 is 50.1. The fourth-order valence-electron chi connectivity index (χ4n) is 17.1. The van der Waals surface area contributed by atoms with Crippen LogP contribution in [0.15, 0.2) is 103 Å². The molecule has 0 bridgehead atoms. The minimum absolute atomic E-state index is 0.0321. The number of fused-ring (bicyclic) bond motifs is 2. The van der Waals surface area contributed by atoms with E-state index >= 15 is 8.78 Å². The van der Waals surface area contributed by atoms with Gasteiger partial charge in [0.2, 0.25) is 35.5 Å². The van der Waals surface area contributed by atoms with Crippen molar-refractivity contribution in [2.75, 3.05) is 40.8 Å². The first kappa shape index (κ1) is 84.2. The first-order chi connectivity index (χ1) is 55.6. The van der Waals surface area contributed by atoms with Gasteiger partial charge in [0, 0.05) is 41.1 Å². The van der Waals surface area contributed by atoms with E-state index in [0.717, 1.165) is 69.8 Å². The quantitative estimate of drug-likeness (QED) is 0.0231. The van der Waals surface area contributed by atoms with E-state index < -0.39 is 88.7 Å². The number of carbonyl (C=O) groups is 8. The van der Waals surface area contributed by atoms with Gasteiger partial charge in [-0.2, -0.15) is 8.78 Å². The number of aromatic nitrogens is 8. The van der Waals surface area contributed by atoms with E-state index in [-0.39, 0.29) is 82.9 Å². The van der Waals surface area contributed by atoms with E-state index in [1.54, 1.807) is 16.0 Å². The Hall–Kier alpha value is -10.7. The molecule has 12 atom stereocenters. The number of benzene rings is 4. The van der Waals surface area contributed by atoms with Gasteiger partial charge in [-0.1, -0.05) is 190 Å². The number of alkyl carbamates (subject to hydrolysis) is 4. The topological polar surface area (TPSA) is 349 Å². The number of carbonyl (C=O) groups excluding carboxylic acids is 8. The minimum Gasteiger partial charge on any atom is -0.453 e. The lowest BCUT2D eigenvalue weighted by atomic mass is 10.0. The molecule has 0 unspecified atom stereocenters. The maximum Gasteiger partial charge on any atom is 0.407 e. The number of nitrogens with one attached hydrogen (secondary N) is 8. The predicted octanol–water partition coefficient (Wildman–Crippen LogP) is 14.3. The van der Waals surface area contributed by atoms with Crippen LogP contribution in [0.3, 0.4) is 0 Å². The number of aromatic amines is 4. The van der Waals surface area contributed by atoms with Crippen molar-refractivity contribution in [3.63, 3.8) is 0 Å². The number of hydrogen-bond donors (Lipinski definition) is 8. The lowest BCUT2D eigenvalue weighted by Crippen LogP contribution is -2.52. The fourth-order valence-corrected chi connectivity index (χ4v) is 23.1. The fraction of sp³-hybridized carbons (Fsp3) is 0.476. The van der Waals surface area contributed by atoms with Crippen molar-refractivity contribution < 1.29 is 66.1 Å². The molecule has 117 heavy (non-hydrogen) atoms. The monoisotopic (exact) mass is 1660 g/mol. The maximum atomic E-state index is 15.5. The van der Waals surface area contributed by atoms with Crippen LogP contribution in [0.1, 0.15) is 129 Å². The molecule has 8 heterocycles. The van der Waals surface area contributed by atoms with Gasteiger partial charge in [-0.25, -0.2) is 39.1 Å². The van der Waals surface area contributed by atoms with Gasteiger partial charge in [-0.15, -0.1) is 0 Å². The first-order valence-corrected chi connectivity index (χ1v) is 47.2. The molecule has 8 N–H and O–H groups in total. The van der Waals surface area contributed by atoms with Crippen LogP contribution in [-0.2, 0) is 38.1 Å². The van der Waals surface area contributed by atoms with Crippen molar-refractivity contribution >= 4 is 75.8 Å². The normalized spacial score (nSPS) is 21.7. The lowest BCUT2D eigenvalue weighted by Gasteiger charge is -2.31. The third-order valence-electron chi connectivity index (χ3n) is 23.5. The summed E-state index contributed by atoms with van der Waals surface area (Å²) in [6.45, 7) is 24.0. The van der Waals surface area contributed by atoms with Crippen LogP contribution in [0.25, 0.3) is 67.3 Å². The van der Waals surface area contributed by atoms with E-state index in [0.29, 0.717) is 76.5 Å². The molecule has 6 fully saturated rings. The van der Waals surface area contributed by atoms with Crippen molar-refractivity contribution in [3.05, 3.63) is 144 Å². The minimum atomic E-state index is -1.83. The molecule has 4 saturated heterocycles. The molecular weight excluding hydrogens is 1550 g/mol. The molecule has 28 nitrogen and oxygen atoms in total. The van der Waals surface area contributed by atoms with Crippen LogP contribution in [-0.4, -0.2) is 201 Å². The van der Waals surface area contributed by atoms with Crippen LogP contribution in [0.2, 0.25) is 43.4 Å². The van der Waals surface area contributed by atoms with Crippen LogP contribution in [0, 0.1) is 47.4 Å². The van der Waals surface area contributed by atoms with E-state index in [2.05, 4.69) is 77.4 Å². The Morgan fingerprint density at radius 1 is 0.410 bits per heavy atom. The molecule has 0 radical (unpaired) electrons. The lowest BCUT2D eigenvalue weighted by molar-refractivity contribution is -0.137. The Kier molecular flexibility index (Phi) is 24.5. The molecule has 0 spiro atoms. The zero-order valence-corrected chi connectivity index (χ0v) is 71.6. The summed E-state index contributed by atoms with van der Waals surface area (Å²) in [6, 6.07) is 28.1. The zero-order chi connectivity index (χ0) is 84.1. The van der Waals surface area contributed by atoms with Crippen LogP contribution >= 0.6 is 11.6 Å². The number of nitrogens with zero attached hydrogens (tertiary/aromatic N) is 8. The van der Waals surface area contributed by atoms with Gasteiger partial charge in [0.05, 0.1) is 80.6 Å². The highest BCUT2D eigenvalue weighted by Gasteiger charge is 2.58. The van der Waals surface area contributed by atoms with Crippen LogP contribution in [0.4, 0.5) is 28.0 Å². The molecule has 2 aliphatic carbocycles. The SMILES string of the molecule is COC(=O)N[C@H](C(=O)N1C[Si](C)(C)C[C@H]1c1nc(-c2ccc(-c3ccc(-c4nc([C@@H]5C[C@H]6C[C@H]6N5C(=O)[C@@H](NC(=O)OC)C(C)C)[nH]c4F)cc3)cc2)c(Cl)[nH]1)C(C)C.COC(=O)N[C@H](C(=O)N1C[Si](C)(C)C[C@H]1c1ncc(-c2ccc(-c3ccc(-c4nc([C@@H]5C[C@H]6C[C@H]6N5C(=O)[C@@H](NC(=O)OC)C(C)C)[nH]c4F)cc3)cc2)[nH]1)C(C)C. The van der Waals surface area contributed by atoms with Gasteiger partial charge < -0.3 is 79.8 Å². The van der Waals surface area contributed by atoms with E-state index in [1.165, 1.54) is 28.4 Å². The summed E-state index contributed by atoms with van der Waals surface area (Å²) in [4.78, 5) is 142. The van der Waals surface area contributed by atoms with Gasteiger partial charge in [-0.3, -0.25) is 19.2 Å². The highest BCUT2D eigenvalue weighted by Crippen LogP contribution is 2.55. The number of likely N-dealkylation sites (tertiary alicyclic amines) is 2. The van der Waals surface area contributed by atoms with Gasteiger partial charge >= 0.3 is 24.4 Å². The standard InChI is InChI=1S/C42H52ClFN8O6Si.C42H53FN8O6Si/c1-21(2)31(47-41(55)57-5)39(53)51-20-59(7,8)19-30(51)38-45-33(35(43)49-38)25-13-9-23(10-14-25)24-11-15-26(16-12-24)34-36(44)50-37(46-34)29-18-27-17-28(27)52(29)40(54)32(22(3)4)48-42(56)58-6;1-22(2)33(47-41(54)56-5)39(52)50-21-58(7,8)20-32(50)37-44-19-29(45-37)26-13-9-24(10-14-26)25-11-15-27(16-12-25)35-36(43)49-38(46-35)31-18-28-17-30(28)51(31)40(53)34(23(3)4)48-42(55)57-6/h9-16,21-22,27-32H,17-20H2,1-8H3,(H,45,49)(H,46,50)(H,47,55)(H,48,56);9-16,19,22-23,28,30-34H,17-18,20-21H2,1-8H3,(H,44,45)(H,46,49)(H,47,54)(H,48,55)/t27-,28-,29+,30+,31+,32+;28-,30-,31+,32+,33+,34+/m11/s1. The molecule has 4 aromatic carbocycles. The molecule has 622 valence electrons. The summed E-state index contributed by atoms with van der Waals surface area (Å²) >= 11 is 6.77. The number of ether oxygens (including phenoxy) is 4. The molecular formula is C84H105ClF2N16O12Si2. The van der Waals surface area contributed by atoms with E-state index in [9.17, 15) is 38.4 Å². The molecule has 2 saturated carbocycles. The second kappa shape index (κ2) is 34.1. The van der Waals surface area contributed by atoms with Gasteiger partial charge in [0.1, 0.15) is 69.7 Å². The molecule has 4 aliphatic heterocycles. The van der Waals surface area contributed by atoms with Gasteiger partial charge in [-0.05, 0) is 101 Å². The number of piperidine rings is 2. The Balaban J connectivity index is 0.000000203. The van der Waals surface area contributed by atoms with Gasteiger partial charge in [0.15, 0.2) is 0 Å². The largest absolute Gasteiger partial charge is 0.453 e. The Morgan fingerprint density at radius 2 is 0.709 bits per heavy atom. The Morgan fingerprint density at radius 3 is 1.05 bits per heavy atom. The van der Waals surface area contributed by atoms with Gasteiger partial charge in [0.25, 0.3) is 0 Å². The number of imidazole rings is 4. The maximum absolute atomic E-state index is 15.5. The van der Waals surface area contributed by atoms with E-state index in [4.69, 9.17) is 40.5 Å². The molecule has 33 heteroatoms. The van der Waals surface area contributed by atoms with Crippen molar-refractivity contribution in [1.82, 2.24) is 80.7 Å². The second-order valence-corrected chi connectivity index (χ2v) is 45.1. The number of methoxy groups -OCH3 is 4. The third kappa shape index (κ3) is 17.9. The third-order valence-corrected chi connectivity index (χ3v) is 29.2. The second-order valence-electron chi connectivity index (χ2n) is 34.6. The Bertz CT molecular complexity index is 5020. The summed E-state index contributed by atoms with van der Waals surface area (Å²) in [6.07, 6.45) is 3.53. The number of rotatable bonds is 22. The highest BCUT2D eigenvalue weighted by molar-refractivity contribution is 6.79. The predicted molar refractivity (Wildman–Crippen MR) is 441 cm³/mol. The zero-order valence-electron chi connectivity index (χ0n) is 68.8. The van der Waals surface area contributed by atoms with Crippen molar-refractivity contribution in [1.29, 1.82) is 0 Å². The number of halogens is 3. The summed E-state index contributed by atoms with van der Waals surface area (Å²) in [5, 5.41) is 11.1. The van der Waals surface area contributed by atoms with Crippen molar-refractivity contribution in [2.45, 2.75) is 180 Å². The average molecular weight is 1660 g/mol. The highest BCUT2D eigenvalue weighted by atomic mass is 35.5.